The lowest BCUT2D eigenvalue weighted by molar-refractivity contribution is 0.611. The zero-order valence-electron chi connectivity index (χ0n) is 14.3. The number of aromatic nitrogens is 1. The molecule has 0 N–H and O–H groups in total. The zero-order valence-corrected chi connectivity index (χ0v) is 15.1. The summed E-state index contributed by atoms with van der Waals surface area (Å²) in [5, 5.41) is 2.02. The highest BCUT2D eigenvalue weighted by atomic mass is 32.3. The molecule has 1 heterocycles. The second-order valence-electron chi connectivity index (χ2n) is 7.55. The molecule has 1 aromatic heterocycles. The molecule has 0 saturated carbocycles. The lowest BCUT2D eigenvalue weighted by Crippen LogP contribution is -2.36. The van der Waals surface area contributed by atoms with Gasteiger partial charge in [-0.15, -0.1) is 0 Å². The molecule has 0 radical (unpaired) electrons. The van der Waals surface area contributed by atoms with E-state index in [1.807, 2.05) is 53.7 Å². The molecule has 21 heavy (non-hydrogen) atoms. The van der Waals surface area contributed by atoms with E-state index in [0.29, 0.717) is 0 Å². The Labute approximate surface area is 130 Å². The molecular formula is C18H28FNS. The lowest BCUT2D eigenvalue weighted by Gasteiger charge is -2.51. The van der Waals surface area contributed by atoms with E-state index in [2.05, 4.69) is 29.7 Å². The van der Waals surface area contributed by atoms with Crippen molar-refractivity contribution in [2.45, 2.75) is 69.5 Å². The minimum Gasteiger partial charge on any atom is -0.335 e. The number of nitrogens with zero attached hydrogens (tertiary/aromatic N) is 1. The fraction of sp³-hybridized carbons (Fsp3) is 0.556. The molecule has 0 aliphatic heterocycles. The predicted octanol–water partition coefficient (Wildman–Crippen LogP) is 6.31. The quantitative estimate of drug-likeness (QED) is 0.613. The largest absolute Gasteiger partial charge is 0.335 e. The number of para-hydroxylation sites is 1. The Hall–Kier alpha value is -0.960. The normalized spacial score (nSPS) is 14.7. The number of hydrogen-bond acceptors (Lipinski definition) is 0. The molecule has 0 spiro atoms. The van der Waals surface area contributed by atoms with Crippen molar-refractivity contribution in [3.05, 3.63) is 30.3 Å². The summed E-state index contributed by atoms with van der Waals surface area (Å²) in [6.45, 7) is 15.1. The molecule has 2 rings (SSSR count). The van der Waals surface area contributed by atoms with Crippen LogP contribution >= 0.6 is 10.4 Å². The van der Waals surface area contributed by atoms with E-state index >= 15 is 3.89 Å². The maximum atomic E-state index is 16.5. The zero-order chi connectivity index (χ0) is 16.1. The minimum atomic E-state index is -2.49. The molecule has 0 fully saturated rings. The average Bonchev–Trinajstić information content (AvgIpc) is 2.73. The Morgan fingerprint density at radius 2 is 1.52 bits per heavy atom. The third-order valence-electron chi connectivity index (χ3n) is 4.06. The summed E-state index contributed by atoms with van der Waals surface area (Å²) in [5.41, 5.74) is 1.14. The number of aryl methyl sites for hydroxylation is 1. The first-order valence-electron chi connectivity index (χ1n) is 7.64. The Morgan fingerprint density at radius 3 is 2.00 bits per heavy atom. The summed E-state index contributed by atoms with van der Waals surface area (Å²) >= 11 is 0. The van der Waals surface area contributed by atoms with Gasteiger partial charge in [-0.3, -0.25) is 0 Å². The van der Waals surface area contributed by atoms with Gasteiger partial charge in [0.15, 0.2) is 0 Å². The summed E-state index contributed by atoms with van der Waals surface area (Å²) in [5.74, 6) is 0. The topological polar surface area (TPSA) is 4.93 Å². The Balaban J connectivity index is 2.84. The van der Waals surface area contributed by atoms with Gasteiger partial charge in [0.2, 0.25) is 0 Å². The summed E-state index contributed by atoms with van der Waals surface area (Å²) in [6.07, 6.45) is 0. The number of halogens is 1. The fourth-order valence-electron chi connectivity index (χ4n) is 3.29. The molecule has 0 unspecified atom stereocenters. The van der Waals surface area contributed by atoms with Crippen LogP contribution in [0.4, 0.5) is 3.89 Å². The van der Waals surface area contributed by atoms with Gasteiger partial charge in [0, 0.05) is 26.9 Å². The third-order valence-corrected chi connectivity index (χ3v) is 8.35. The van der Waals surface area contributed by atoms with Gasteiger partial charge < -0.3 is 4.57 Å². The van der Waals surface area contributed by atoms with Crippen molar-refractivity contribution in [3.63, 3.8) is 0 Å². The standard InChI is InChI=1S/C18H28FNS/c1-8-20-15-12-10-9-11-14(15)13-16(20)21(19,17(2,3)4)18(5,6)7/h9-13H,8H2,1-7H3. The van der Waals surface area contributed by atoms with Crippen LogP contribution in [0.3, 0.4) is 0 Å². The summed E-state index contributed by atoms with van der Waals surface area (Å²) in [4.78, 5) is 0. The molecule has 2 aromatic rings. The maximum absolute atomic E-state index is 16.5. The Kier molecular flexibility index (Phi) is 3.94. The second-order valence-corrected chi connectivity index (χ2v) is 11.5. The van der Waals surface area contributed by atoms with Gasteiger partial charge in [0.05, 0.1) is 5.03 Å². The van der Waals surface area contributed by atoms with E-state index in [4.69, 9.17) is 0 Å². The maximum Gasteiger partial charge on any atom is 0.0867 e. The van der Waals surface area contributed by atoms with Crippen LogP contribution in [0.15, 0.2) is 35.4 Å². The van der Waals surface area contributed by atoms with Crippen molar-refractivity contribution >= 4 is 21.3 Å². The van der Waals surface area contributed by atoms with Crippen LogP contribution in [0.5, 0.6) is 0 Å². The van der Waals surface area contributed by atoms with Crippen LogP contribution in [0.1, 0.15) is 48.5 Å². The smallest absolute Gasteiger partial charge is 0.0867 e. The molecular weight excluding hydrogens is 281 g/mol. The van der Waals surface area contributed by atoms with Crippen molar-refractivity contribution < 1.29 is 3.89 Å². The summed E-state index contributed by atoms with van der Waals surface area (Å²) < 4.78 is 17.9. The molecule has 0 atom stereocenters. The molecule has 1 nitrogen and oxygen atoms in total. The highest BCUT2D eigenvalue weighted by Gasteiger charge is 2.49. The first kappa shape index (κ1) is 16.4. The fourth-order valence-corrected chi connectivity index (χ4v) is 7.20. The van der Waals surface area contributed by atoms with E-state index in [0.717, 1.165) is 22.5 Å². The van der Waals surface area contributed by atoms with Gasteiger partial charge in [-0.2, -0.15) is 3.89 Å². The van der Waals surface area contributed by atoms with Crippen LogP contribution < -0.4 is 0 Å². The van der Waals surface area contributed by atoms with E-state index in [-0.39, 0.29) is 0 Å². The van der Waals surface area contributed by atoms with E-state index in [1.54, 1.807) is 0 Å². The van der Waals surface area contributed by atoms with Crippen LogP contribution in [0.25, 0.3) is 10.9 Å². The summed E-state index contributed by atoms with van der Waals surface area (Å²) in [7, 11) is -2.49. The lowest BCUT2D eigenvalue weighted by atomic mass is 10.2. The van der Waals surface area contributed by atoms with Gasteiger partial charge in [0.25, 0.3) is 0 Å². The van der Waals surface area contributed by atoms with Crippen LogP contribution in [0, 0.1) is 0 Å². The van der Waals surface area contributed by atoms with Gasteiger partial charge in [-0.05, 0) is 71.0 Å². The van der Waals surface area contributed by atoms with E-state index in [1.165, 1.54) is 0 Å². The first-order chi connectivity index (χ1) is 9.54. The molecule has 1 aromatic carbocycles. The summed E-state index contributed by atoms with van der Waals surface area (Å²) in [6, 6.07) is 10.3. The van der Waals surface area contributed by atoms with Crippen molar-refractivity contribution in [1.82, 2.24) is 4.57 Å². The molecule has 0 bridgehead atoms. The van der Waals surface area contributed by atoms with Gasteiger partial charge >= 0.3 is 0 Å². The van der Waals surface area contributed by atoms with Gasteiger partial charge in [-0.25, -0.2) is 0 Å². The third kappa shape index (κ3) is 2.40. The van der Waals surface area contributed by atoms with Gasteiger partial charge in [-0.1, -0.05) is 18.2 Å². The molecule has 0 saturated heterocycles. The predicted molar refractivity (Wildman–Crippen MR) is 94.1 cm³/mol. The monoisotopic (exact) mass is 309 g/mol. The SMILES string of the molecule is CCn1c(S(F)(C(C)(C)C)C(C)(C)C)cc2ccccc21. The second kappa shape index (κ2) is 5.05. The van der Waals surface area contributed by atoms with Crippen LogP contribution in [0.2, 0.25) is 0 Å². The number of hydrogen-bond donors (Lipinski definition) is 0. The Bertz CT molecular complexity index is 629. The van der Waals surface area contributed by atoms with Gasteiger partial charge in [0.1, 0.15) is 0 Å². The molecule has 0 amide bonds. The average molecular weight is 309 g/mol. The van der Waals surface area contributed by atoms with Crippen molar-refractivity contribution in [1.29, 1.82) is 0 Å². The van der Waals surface area contributed by atoms with Crippen molar-refractivity contribution in [2.75, 3.05) is 0 Å². The molecule has 3 heteroatoms. The number of fused-ring (bicyclic) bond motifs is 1. The highest BCUT2D eigenvalue weighted by molar-refractivity contribution is 8.31. The molecule has 0 aliphatic carbocycles. The van der Waals surface area contributed by atoms with Crippen LogP contribution in [-0.4, -0.2) is 14.1 Å². The van der Waals surface area contributed by atoms with Crippen LogP contribution in [-0.2, 0) is 6.54 Å². The minimum absolute atomic E-state index is 0.396. The van der Waals surface area contributed by atoms with Crippen molar-refractivity contribution in [2.24, 2.45) is 0 Å². The molecule has 0 aliphatic rings. The molecule has 118 valence electrons. The first-order valence-corrected chi connectivity index (χ1v) is 9.18. The number of benzene rings is 1. The Morgan fingerprint density at radius 1 is 1.00 bits per heavy atom. The van der Waals surface area contributed by atoms with E-state index < -0.39 is 19.9 Å². The highest BCUT2D eigenvalue weighted by Crippen LogP contribution is 2.74. The van der Waals surface area contributed by atoms with E-state index in [9.17, 15) is 0 Å². The van der Waals surface area contributed by atoms with Crippen molar-refractivity contribution in [3.8, 4) is 0 Å². The number of rotatable bonds is 2.